The highest BCUT2D eigenvalue weighted by molar-refractivity contribution is 6.33. The van der Waals surface area contributed by atoms with Crippen molar-refractivity contribution in [2.45, 2.75) is 25.9 Å². The molecule has 2 atom stereocenters. The van der Waals surface area contributed by atoms with Crippen LogP contribution >= 0.6 is 11.6 Å². The molecule has 0 radical (unpaired) electrons. The van der Waals surface area contributed by atoms with Crippen LogP contribution in [0.4, 0.5) is 5.69 Å². The van der Waals surface area contributed by atoms with Gasteiger partial charge in [0.1, 0.15) is 6.61 Å². The van der Waals surface area contributed by atoms with Gasteiger partial charge in [0, 0.05) is 12.2 Å². The van der Waals surface area contributed by atoms with E-state index in [2.05, 4.69) is 17.2 Å². The topological polar surface area (TPSA) is 58.6 Å². The van der Waals surface area contributed by atoms with E-state index in [9.17, 15) is 4.79 Å². The number of rotatable bonds is 3. The lowest BCUT2D eigenvalue weighted by molar-refractivity contribution is -0.121. The number of carbonyl (C=O) groups excluding carboxylic acids is 1. The van der Waals surface area contributed by atoms with E-state index in [1.807, 2.05) is 6.92 Å². The van der Waals surface area contributed by atoms with Crippen molar-refractivity contribution in [3.63, 3.8) is 0 Å². The number of hydrogen-bond donors (Lipinski definition) is 2. The summed E-state index contributed by atoms with van der Waals surface area (Å²) >= 11 is 6.11. The summed E-state index contributed by atoms with van der Waals surface area (Å²) in [4.78, 5) is 12.3. The van der Waals surface area contributed by atoms with Crippen LogP contribution in [0.15, 0.2) is 18.2 Å². The highest BCUT2D eigenvalue weighted by Gasteiger charge is 2.32. The molecule has 112 valence electrons. The first-order chi connectivity index (χ1) is 10.2. The standard InChI is InChI=1S/C16H18ClNO3/c1-2-15-12(7-9-21-15)16(20)18-14-10-11(4-3-8-19)5-6-13(14)17/h5-6,10,12,15,19H,2,7-9H2,1H3,(H,18,20). The molecule has 1 aliphatic heterocycles. The fraction of sp³-hybridized carbons (Fsp3) is 0.438. The monoisotopic (exact) mass is 307 g/mol. The van der Waals surface area contributed by atoms with Gasteiger partial charge in [0.2, 0.25) is 5.91 Å². The van der Waals surface area contributed by atoms with Gasteiger partial charge in [-0.15, -0.1) is 0 Å². The van der Waals surface area contributed by atoms with E-state index in [-0.39, 0.29) is 24.5 Å². The first kappa shape index (κ1) is 15.8. The number of aliphatic hydroxyl groups is 1. The summed E-state index contributed by atoms with van der Waals surface area (Å²) in [7, 11) is 0. The van der Waals surface area contributed by atoms with Crippen molar-refractivity contribution in [2.24, 2.45) is 5.92 Å². The van der Waals surface area contributed by atoms with Crippen molar-refractivity contribution >= 4 is 23.2 Å². The van der Waals surface area contributed by atoms with Gasteiger partial charge < -0.3 is 15.2 Å². The summed E-state index contributed by atoms with van der Waals surface area (Å²) in [5, 5.41) is 12.0. The minimum Gasteiger partial charge on any atom is -0.384 e. The van der Waals surface area contributed by atoms with Gasteiger partial charge in [-0.3, -0.25) is 4.79 Å². The lowest BCUT2D eigenvalue weighted by Gasteiger charge is -2.17. The molecule has 5 heteroatoms. The van der Waals surface area contributed by atoms with Gasteiger partial charge >= 0.3 is 0 Å². The number of halogens is 1. The largest absolute Gasteiger partial charge is 0.384 e. The predicted octanol–water partition coefficient (Wildman–Crippen LogP) is 2.44. The fourth-order valence-electron chi connectivity index (χ4n) is 2.42. The Morgan fingerprint density at radius 2 is 2.38 bits per heavy atom. The van der Waals surface area contributed by atoms with Gasteiger partial charge in [0.15, 0.2) is 0 Å². The van der Waals surface area contributed by atoms with E-state index in [0.717, 1.165) is 12.8 Å². The Morgan fingerprint density at radius 3 is 3.10 bits per heavy atom. The highest BCUT2D eigenvalue weighted by atomic mass is 35.5. The van der Waals surface area contributed by atoms with Crippen molar-refractivity contribution in [1.29, 1.82) is 0 Å². The highest BCUT2D eigenvalue weighted by Crippen LogP contribution is 2.27. The third-order valence-corrected chi connectivity index (χ3v) is 3.81. The van der Waals surface area contributed by atoms with Gasteiger partial charge in [0.05, 0.1) is 22.7 Å². The van der Waals surface area contributed by atoms with Gasteiger partial charge in [-0.1, -0.05) is 30.4 Å². The smallest absolute Gasteiger partial charge is 0.230 e. The van der Waals surface area contributed by atoms with Crippen LogP contribution < -0.4 is 5.32 Å². The molecule has 1 fully saturated rings. The molecule has 1 aromatic carbocycles. The molecule has 0 aliphatic carbocycles. The molecule has 0 spiro atoms. The molecule has 1 heterocycles. The molecule has 0 bridgehead atoms. The summed E-state index contributed by atoms with van der Waals surface area (Å²) in [5.41, 5.74) is 1.23. The molecule has 0 saturated carbocycles. The minimum absolute atomic E-state index is 0.0267. The average Bonchev–Trinajstić information content (AvgIpc) is 2.96. The average molecular weight is 308 g/mol. The molecule has 1 amide bonds. The van der Waals surface area contributed by atoms with E-state index in [0.29, 0.717) is 22.9 Å². The van der Waals surface area contributed by atoms with Crippen LogP contribution in [0, 0.1) is 17.8 Å². The zero-order valence-electron chi connectivity index (χ0n) is 11.9. The Hall–Kier alpha value is -1.54. The predicted molar refractivity (Wildman–Crippen MR) is 82.2 cm³/mol. The second-order valence-electron chi connectivity index (χ2n) is 4.86. The summed E-state index contributed by atoms with van der Waals surface area (Å²) in [5.74, 6) is 5.14. The number of carbonyl (C=O) groups is 1. The first-order valence-electron chi connectivity index (χ1n) is 6.97. The SMILES string of the molecule is CCC1OCCC1C(=O)Nc1cc(C#CCO)ccc1Cl. The van der Waals surface area contributed by atoms with Gasteiger partial charge in [0.25, 0.3) is 0 Å². The minimum atomic E-state index is -0.206. The molecule has 4 nitrogen and oxygen atoms in total. The second kappa shape index (κ2) is 7.46. The van der Waals surface area contributed by atoms with Crippen molar-refractivity contribution in [2.75, 3.05) is 18.5 Å². The van der Waals surface area contributed by atoms with E-state index < -0.39 is 0 Å². The summed E-state index contributed by atoms with van der Waals surface area (Å²) in [6.45, 7) is 2.42. The molecule has 1 aromatic rings. The summed E-state index contributed by atoms with van der Waals surface area (Å²) in [6, 6.07) is 5.13. The Morgan fingerprint density at radius 1 is 1.57 bits per heavy atom. The van der Waals surface area contributed by atoms with Crippen LogP contribution in [0.25, 0.3) is 0 Å². The molecule has 2 unspecified atom stereocenters. The first-order valence-corrected chi connectivity index (χ1v) is 7.35. The van der Waals surface area contributed by atoms with E-state index >= 15 is 0 Å². The van der Waals surface area contributed by atoms with Crippen LogP contribution in [-0.2, 0) is 9.53 Å². The Balaban J connectivity index is 2.13. The summed E-state index contributed by atoms with van der Waals surface area (Å²) < 4.78 is 5.54. The zero-order valence-corrected chi connectivity index (χ0v) is 12.6. The second-order valence-corrected chi connectivity index (χ2v) is 5.26. The number of anilines is 1. The number of amides is 1. The fourth-order valence-corrected chi connectivity index (χ4v) is 2.58. The molecule has 21 heavy (non-hydrogen) atoms. The molecule has 0 aromatic heterocycles. The van der Waals surface area contributed by atoms with Crippen molar-refractivity contribution in [3.05, 3.63) is 28.8 Å². The molecule has 2 N–H and O–H groups in total. The molecular formula is C16H18ClNO3. The van der Waals surface area contributed by atoms with Crippen LogP contribution in [0.5, 0.6) is 0 Å². The Bertz CT molecular complexity index is 577. The molecule has 2 rings (SSSR count). The number of ether oxygens (including phenoxy) is 1. The lowest BCUT2D eigenvalue weighted by Crippen LogP contribution is -2.29. The maximum absolute atomic E-state index is 12.3. The van der Waals surface area contributed by atoms with Crippen LogP contribution in [0.3, 0.4) is 0 Å². The van der Waals surface area contributed by atoms with Gasteiger partial charge in [-0.25, -0.2) is 0 Å². The molecule has 1 saturated heterocycles. The maximum atomic E-state index is 12.3. The number of hydrogen-bond acceptors (Lipinski definition) is 3. The van der Waals surface area contributed by atoms with Crippen LogP contribution in [-0.4, -0.2) is 30.3 Å². The van der Waals surface area contributed by atoms with Gasteiger partial charge in [-0.05, 0) is 31.0 Å². The number of benzene rings is 1. The molecular weight excluding hydrogens is 290 g/mol. The lowest BCUT2D eigenvalue weighted by atomic mass is 9.98. The maximum Gasteiger partial charge on any atom is 0.230 e. The Kier molecular flexibility index (Phi) is 5.63. The number of nitrogens with one attached hydrogen (secondary N) is 1. The Labute approximate surface area is 129 Å². The van der Waals surface area contributed by atoms with E-state index in [1.165, 1.54) is 0 Å². The third-order valence-electron chi connectivity index (χ3n) is 3.48. The molecule has 1 aliphatic rings. The van der Waals surface area contributed by atoms with Crippen molar-refractivity contribution in [1.82, 2.24) is 0 Å². The van der Waals surface area contributed by atoms with Gasteiger partial charge in [-0.2, -0.15) is 0 Å². The zero-order chi connectivity index (χ0) is 15.2. The van der Waals surface area contributed by atoms with Crippen LogP contribution in [0.2, 0.25) is 5.02 Å². The summed E-state index contributed by atoms with van der Waals surface area (Å²) in [6.07, 6.45) is 1.51. The number of aliphatic hydroxyl groups excluding tert-OH is 1. The quantitative estimate of drug-likeness (QED) is 0.843. The van der Waals surface area contributed by atoms with Crippen molar-refractivity contribution in [3.8, 4) is 11.8 Å². The van der Waals surface area contributed by atoms with E-state index in [1.54, 1.807) is 18.2 Å². The van der Waals surface area contributed by atoms with E-state index in [4.69, 9.17) is 21.4 Å². The normalized spacial score (nSPS) is 20.7. The van der Waals surface area contributed by atoms with Crippen molar-refractivity contribution < 1.29 is 14.6 Å². The van der Waals surface area contributed by atoms with Crippen LogP contribution in [0.1, 0.15) is 25.3 Å². The third kappa shape index (κ3) is 3.98.